The summed E-state index contributed by atoms with van der Waals surface area (Å²) in [6.45, 7) is 3.95. The zero-order chi connectivity index (χ0) is 21.5. The predicted octanol–water partition coefficient (Wildman–Crippen LogP) is 5.57. The molecule has 3 aromatic rings. The minimum absolute atomic E-state index is 0.0266. The number of benzene rings is 3. The van der Waals surface area contributed by atoms with Gasteiger partial charge in [-0.05, 0) is 55.3 Å². The number of nitriles is 1. The van der Waals surface area contributed by atoms with Gasteiger partial charge in [-0.15, -0.1) is 0 Å². The molecule has 0 saturated heterocycles. The number of hydrogen-bond acceptors (Lipinski definition) is 3. The number of nitrogens with zero attached hydrogens (tertiary/aromatic N) is 1. The number of aryl methyl sites for hydroxylation is 2. The zero-order valence-corrected chi connectivity index (χ0v) is 16.8. The van der Waals surface area contributed by atoms with Crippen molar-refractivity contribution in [3.63, 3.8) is 0 Å². The third kappa shape index (κ3) is 5.33. The van der Waals surface area contributed by atoms with Crippen molar-refractivity contribution >= 4 is 17.7 Å². The lowest BCUT2D eigenvalue weighted by molar-refractivity contribution is -0.112. The molecule has 0 aromatic heterocycles. The van der Waals surface area contributed by atoms with Crippen molar-refractivity contribution in [2.75, 3.05) is 5.32 Å². The van der Waals surface area contributed by atoms with E-state index in [1.165, 1.54) is 12.1 Å². The highest BCUT2D eigenvalue weighted by Gasteiger charge is 2.11. The third-order valence-electron chi connectivity index (χ3n) is 4.52. The number of halogens is 1. The average molecular weight is 400 g/mol. The Morgan fingerprint density at radius 1 is 1.10 bits per heavy atom. The van der Waals surface area contributed by atoms with E-state index in [9.17, 15) is 14.4 Å². The van der Waals surface area contributed by atoms with Crippen LogP contribution in [0.1, 0.15) is 22.3 Å². The third-order valence-corrected chi connectivity index (χ3v) is 4.52. The fraction of sp³-hybridized carbons (Fsp3) is 0.120. The molecule has 0 radical (unpaired) electrons. The summed E-state index contributed by atoms with van der Waals surface area (Å²) in [6, 6.07) is 21.0. The Hall–Kier alpha value is -3.91. The monoisotopic (exact) mass is 400 g/mol. The first-order chi connectivity index (χ1) is 14.5. The minimum atomic E-state index is -0.484. The van der Waals surface area contributed by atoms with Gasteiger partial charge in [0.15, 0.2) is 0 Å². The second-order valence-electron chi connectivity index (χ2n) is 6.89. The van der Waals surface area contributed by atoms with Crippen molar-refractivity contribution in [2.24, 2.45) is 0 Å². The molecule has 0 aliphatic carbocycles. The van der Waals surface area contributed by atoms with Gasteiger partial charge in [-0.1, -0.05) is 48.0 Å². The summed E-state index contributed by atoms with van der Waals surface area (Å²) in [7, 11) is 0. The molecule has 30 heavy (non-hydrogen) atoms. The molecule has 0 atom stereocenters. The number of anilines is 1. The number of carbonyl (C=O) groups excluding carboxylic acids is 1. The van der Waals surface area contributed by atoms with E-state index in [-0.39, 0.29) is 18.0 Å². The molecule has 0 bridgehead atoms. The van der Waals surface area contributed by atoms with Crippen molar-refractivity contribution in [3.8, 4) is 11.8 Å². The molecule has 0 heterocycles. The molecule has 5 heteroatoms. The molecule has 0 fully saturated rings. The van der Waals surface area contributed by atoms with E-state index in [1.54, 1.807) is 42.5 Å². The van der Waals surface area contributed by atoms with Gasteiger partial charge in [-0.3, -0.25) is 4.79 Å². The molecule has 0 aliphatic rings. The topological polar surface area (TPSA) is 62.1 Å². The van der Waals surface area contributed by atoms with Gasteiger partial charge in [0, 0.05) is 11.3 Å². The second kappa shape index (κ2) is 9.53. The summed E-state index contributed by atoms with van der Waals surface area (Å²) in [5.74, 6) is -0.301. The number of nitrogens with one attached hydrogen (secondary N) is 1. The maximum absolute atomic E-state index is 13.7. The van der Waals surface area contributed by atoms with E-state index < -0.39 is 5.91 Å². The number of carbonyl (C=O) groups is 1. The van der Waals surface area contributed by atoms with Gasteiger partial charge in [0.1, 0.15) is 29.8 Å². The van der Waals surface area contributed by atoms with Crippen molar-refractivity contribution in [2.45, 2.75) is 20.5 Å². The predicted molar refractivity (Wildman–Crippen MR) is 115 cm³/mol. The molecular weight excluding hydrogens is 379 g/mol. The molecule has 0 saturated carbocycles. The van der Waals surface area contributed by atoms with Crippen LogP contribution in [0.4, 0.5) is 10.1 Å². The molecule has 0 aliphatic heterocycles. The standard InChI is InChI=1S/C25H21FN2O2/c1-17-10-11-24(18(2)12-17)28-25(29)21(15-27)13-19-6-5-8-22(14-19)30-16-20-7-3-4-9-23(20)26/h3-14H,16H2,1-2H3,(H,28,29)/b21-13-. The van der Waals surface area contributed by atoms with Gasteiger partial charge in [-0.25, -0.2) is 4.39 Å². The van der Waals surface area contributed by atoms with Crippen LogP contribution >= 0.6 is 0 Å². The first-order valence-corrected chi connectivity index (χ1v) is 9.43. The molecule has 3 aromatic carbocycles. The van der Waals surface area contributed by atoms with Crippen LogP contribution in [0.2, 0.25) is 0 Å². The average Bonchev–Trinajstić information content (AvgIpc) is 2.73. The van der Waals surface area contributed by atoms with Crippen LogP contribution < -0.4 is 10.1 Å². The van der Waals surface area contributed by atoms with Gasteiger partial charge in [-0.2, -0.15) is 5.26 Å². The van der Waals surface area contributed by atoms with Crippen molar-refractivity contribution in [3.05, 3.63) is 100 Å². The van der Waals surface area contributed by atoms with Gasteiger partial charge in [0.05, 0.1) is 0 Å². The summed E-state index contributed by atoms with van der Waals surface area (Å²) in [5.41, 5.74) is 3.73. The Bertz CT molecular complexity index is 1150. The van der Waals surface area contributed by atoms with E-state index in [2.05, 4.69) is 5.32 Å². The van der Waals surface area contributed by atoms with E-state index in [1.807, 2.05) is 38.1 Å². The van der Waals surface area contributed by atoms with Gasteiger partial charge in [0.25, 0.3) is 5.91 Å². The molecule has 1 N–H and O–H groups in total. The minimum Gasteiger partial charge on any atom is -0.489 e. The number of amides is 1. The maximum Gasteiger partial charge on any atom is 0.266 e. The van der Waals surface area contributed by atoms with Crippen LogP contribution in [-0.2, 0) is 11.4 Å². The summed E-state index contributed by atoms with van der Waals surface area (Å²) in [6.07, 6.45) is 1.49. The van der Waals surface area contributed by atoms with Gasteiger partial charge >= 0.3 is 0 Å². The van der Waals surface area contributed by atoms with Crippen LogP contribution in [-0.4, -0.2) is 5.91 Å². The zero-order valence-electron chi connectivity index (χ0n) is 16.8. The Morgan fingerprint density at radius 3 is 2.63 bits per heavy atom. The van der Waals surface area contributed by atoms with E-state index in [4.69, 9.17) is 4.74 Å². The summed E-state index contributed by atoms with van der Waals surface area (Å²) >= 11 is 0. The largest absolute Gasteiger partial charge is 0.489 e. The van der Waals surface area contributed by atoms with Gasteiger partial charge < -0.3 is 10.1 Å². The first-order valence-electron chi connectivity index (χ1n) is 9.43. The Kier molecular flexibility index (Phi) is 6.61. The molecule has 0 unspecified atom stereocenters. The Balaban J connectivity index is 1.74. The Morgan fingerprint density at radius 2 is 1.90 bits per heavy atom. The molecule has 150 valence electrons. The van der Waals surface area contributed by atoms with Crippen molar-refractivity contribution in [1.29, 1.82) is 5.26 Å². The normalized spacial score (nSPS) is 10.9. The van der Waals surface area contributed by atoms with E-state index >= 15 is 0 Å². The van der Waals surface area contributed by atoms with Gasteiger partial charge in [0.2, 0.25) is 0 Å². The smallest absolute Gasteiger partial charge is 0.266 e. The number of hydrogen-bond donors (Lipinski definition) is 1. The van der Waals surface area contributed by atoms with E-state index in [0.29, 0.717) is 22.6 Å². The van der Waals surface area contributed by atoms with Crippen LogP contribution in [0.15, 0.2) is 72.3 Å². The lowest BCUT2D eigenvalue weighted by Gasteiger charge is -2.09. The van der Waals surface area contributed by atoms with Crippen LogP contribution in [0.25, 0.3) is 6.08 Å². The highest BCUT2D eigenvalue weighted by atomic mass is 19.1. The quantitative estimate of drug-likeness (QED) is 0.435. The Labute approximate surface area is 175 Å². The van der Waals surface area contributed by atoms with Crippen LogP contribution in [0.3, 0.4) is 0 Å². The highest BCUT2D eigenvalue weighted by Crippen LogP contribution is 2.20. The lowest BCUT2D eigenvalue weighted by Crippen LogP contribution is -2.14. The van der Waals surface area contributed by atoms with Crippen molar-refractivity contribution in [1.82, 2.24) is 0 Å². The van der Waals surface area contributed by atoms with Crippen LogP contribution in [0, 0.1) is 31.0 Å². The molecule has 1 amide bonds. The summed E-state index contributed by atoms with van der Waals surface area (Å²) in [5, 5.41) is 12.2. The molecular formula is C25H21FN2O2. The fourth-order valence-electron chi connectivity index (χ4n) is 2.93. The summed E-state index contributed by atoms with van der Waals surface area (Å²) in [4.78, 5) is 12.5. The summed E-state index contributed by atoms with van der Waals surface area (Å²) < 4.78 is 19.4. The maximum atomic E-state index is 13.7. The number of rotatable bonds is 6. The highest BCUT2D eigenvalue weighted by molar-refractivity contribution is 6.10. The molecule has 3 rings (SSSR count). The number of ether oxygens (including phenoxy) is 1. The van der Waals surface area contributed by atoms with Crippen molar-refractivity contribution < 1.29 is 13.9 Å². The molecule has 0 spiro atoms. The second-order valence-corrected chi connectivity index (χ2v) is 6.89. The van der Waals surface area contributed by atoms with Crippen LogP contribution in [0.5, 0.6) is 5.75 Å². The molecule has 4 nitrogen and oxygen atoms in total. The fourth-order valence-corrected chi connectivity index (χ4v) is 2.93. The first kappa shape index (κ1) is 20.8. The van der Waals surface area contributed by atoms with E-state index in [0.717, 1.165) is 11.1 Å². The lowest BCUT2D eigenvalue weighted by atomic mass is 10.1. The SMILES string of the molecule is Cc1ccc(NC(=O)/C(C#N)=C\c2cccc(OCc3ccccc3F)c2)c(C)c1.